The van der Waals surface area contributed by atoms with Crippen LogP contribution < -0.4 is 16.0 Å². The second kappa shape index (κ2) is 10.7. The molecule has 0 bridgehead atoms. The van der Waals surface area contributed by atoms with E-state index in [-0.39, 0.29) is 36.1 Å². The van der Waals surface area contributed by atoms with E-state index >= 15 is 0 Å². The normalized spacial score (nSPS) is 16.9. The Hall–Kier alpha value is -4.14. The third-order valence-electron chi connectivity index (χ3n) is 7.20. The summed E-state index contributed by atoms with van der Waals surface area (Å²) < 4.78 is 1.92. The molecule has 9 heteroatoms. The van der Waals surface area contributed by atoms with Gasteiger partial charge in [0, 0.05) is 61.2 Å². The van der Waals surface area contributed by atoms with Crippen molar-refractivity contribution in [3.05, 3.63) is 64.8 Å². The van der Waals surface area contributed by atoms with Gasteiger partial charge in [-0.1, -0.05) is 17.2 Å². The molecule has 3 aromatic rings. The molecule has 0 radical (unpaired) electrons. The number of nitrogens with one attached hydrogen (secondary N) is 3. The summed E-state index contributed by atoms with van der Waals surface area (Å²) in [6, 6.07) is 12.8. The van der Waals surface area contributed by atoms with Crippen molar-refractivity contribution < 1.29 is 19.2 Å². The van der Waals surface area contributed by atoms with Crippen LogP contribution in [0.4, 0.5) is 5.69 Å². The van der Waals surface area contributed by atoms with Crippen LogP contribution >= 0.6 is 0 Å². The number of anilines is 1. The van der Waals surface area contributed by atoms with E-state index in [2.05, 4.69) is 16.0 Å². The number of rotatable bonds is 8. The van der Waals surface area contributed by atoms with E-state index in [9.17, 15) is 19.2 Å². The number of aromatic nitrogens is 1. The fraction of sp³-hybridized carbons (Fsp3) is 0.379. The van der Waals surface area contributed by atoms with Crippen molar-refractivity contribution >= 4 is 40.2 Å². The smallest absolute Gasteiger partial charge is 0.268 e. The maximum absolute atomic E-state index is 12.8. The first-order valence-corrected chi connectivity index (χ1v) is 13.2. The van der Waals surface area contributed by atoms with Crippen molar-refractivity contribution in [2.45, 2.75) is 45.6 Å². The highest BCUT2D eigenvalue weighted by atomic mass is 16.2. The molecule has 0 spiro atoms. The Morgan fingerprint density at radius 1 is 1.05 bits per heavy atom. The van der Waals surface area contributed by atoms with Crippen LogP contribution in [0.2, 0.25) is 0 Å². The number of amides is 4. The molecule has 1 saturated heterocycles. The molecule has 2 aliphatic rings. The molecule has 4 amide bonds. The van der Waals surface area contributed by atoms with Gasteiger partial charge in [0.15, 0.2) is 0 Å². The van der Waals surface area contributed by atoms with Gasteiger partial charge < -0.3 is 25.4 Å². The van der Waals surface area contributed by atoms with Gasteiger partial charge in [0.05, 0.1) is 6.04 Å². The summed E-state index contributed by atoms with van der Waals surface area (Å²) in [5.41, 5.74) is 4.60. The van der Waals surface area contributed by atoms with E-state index < -0.39 is 0 Å². The Labute approximate surface area is 221 Å². The van der Waals surface area contributed by atoms with E-state index in [1.165, 1.54) is 0 Å². The van der Waals surface area contributed by atoms with Crippen LogP contribution in [0.25, 0.3) is 10.9 Å². The molecule has 3 N–H and O–H groups in total. The van der Waals surface area contributed by atoms with Gasteiger partial charge >= 0.3 is 0 Å². The van der Waals surface area contributed by atoms with Gasteiger partial charge in [0.25, 0.3) is 11.8 Å². The fourth-order valence-electron chi connectivity index (χ4n) is 5.47. The Bertz CT molecular complexity index is 1410. The number of hydrogen-bond acceptors (Lipinski definition) is 4. The molecule has 198 valence electrons. The van der Waals surface area contributed by atoms with Crippen molar-refractivity contribution in [3.8, 4) is 0 Å². The monoisotopic (exact) mass is 515 g/mol. The molecule has 5 rings (SSSR count). The van der Waals surface area contributed by atoms with Crippen LogP contribution in [0.15, 0.2) is 42.5 Å². The highest BCUT2D eigenvalue weighted by Crippen LogP contribution is 2.30. The lowest BCUT2D eigenvalue weighted by Crippen LogP contribution is -2.41. The Morgan fingerprint density at radius 3 is 2.58 bits per heavy atom. The molecular formula is C29H33N5O4. The number of carbonyl (C=O) groups excluding carboxylic acids is 4. The van der Waals surface area contributed by atoms with Crippen molar-refractivity contribution in [2.75, 3.05) is 31.5 Å². The lowest BCUT2D eigenvalue weighted by molar-refractivity contribution is -0.127. The van der Waals surface area contributed by atoms with Gasteiger partial charge in [-0.3, -0.25) is 19.2 Å². The Kier molecular flexibility index (Phi) is 7.18. The van der Waals surface area contributed by atoms with Crippen LogP contribution in [0, 0.1) is 13.8 Å². The molecule has 1 atom stereocenters. The minimum Gasteiger partial charge on any atom is -0.356 e. The lowest BCUT2D eigenvalue weighted by Gasteiger charge is -2.27. The summed E-state index contributed by atoms with van der Waals surface area (Å²) in [6.07, 6.45) is 2.47. The zero-order valence-electron chi connectivity index (χ0n) is 21.8. The second-order valence-electron chi connectivity index (χ2n) is 10.3. The summed E-state index contributed by atoms with van der Waals surface area (Å²) in [4.78, 5) is 51.8. The second-order valence-corrected chi connectivity index (χ2v) is 10.3. The number of hydrogen-bond donors (Lipinski definition) is 3. The summed E-state index contributed by atoms with van der Waals surface area (Å²) in [5.74, 6) is -0.284. The summed E-state index contributed by atoms with van der Waals surface area (Å²) in [5, 5.41) is 9.61. The zero-order chi connectivity index (χ0) is 26.8. The number of likely N-dealkylation sites (tertiary alicyclic amines) is 1. The minimum atomic E-state index is -0.226. The topological polar surface area (TPSA) is 113 Å². The minimum absolute atomic E-state index is 0.0935. The average molecular weight is 516 g/mol. The maximum atomic E-state index is 12.8. The van der Waals surface area contributed by atoms with Crippen LogP contribution in [0.5, 0.6) is 0 Å². The van der Waals surface area contributed by atoms with E-state index in [0.29, 0.717) is 49.4 Å². The average Bonchev–Trinajstić information content (AvgIpc) is 3.46. The summed E-state index contributed by atoms with van der Waals surface area (Å²) in [7, 11) is 0. The van der Waals surface area contributed by atoms with Crippen LogP contribution in [-0.4, -0.2) is 59.3 Å². The predicted octanol–water partition coefficient (Wildman–Crippen LogP) is 3.31. The SMILES string of the molecule is Cc1cc(C)cc(C(=O)Nc2ccc3c(c2)cc2n3C(CC(=O)NCCCN3CCCC3=O)CNC2=O)c1. The zero-order valence-corrected chi connectivity index (χ0v) is 21.8. The van der Waals surface area contributed by atoms with Crippen LogP contribution in [0.3, 0.4) is 0 Å². The fourth-order valence-corrected chi connectivity index (χ4v) is 5.47. The molecular weight excluding hydrogens is 482 g/mol. The molecule has 38 heavy (non-hydrogen) atoms. The molecule has 1 aromatic heterocycles. The van der Waals surface area contributed by atoms with Gasteiger partial charge in [-0.05, 0) is 63.1 Å². The molecule has 3 heterocycles. The van der Waals surface area contributed by atoms with Gasteiger partial charge in [0.2, 0.25) is 11.8 Å². The highest BCUT2D eigenvalue weighted by Gasteiger charge is 2.29. The summed E-state index contributed by atoms with van der Waals surface area (Å²) >= 11 is 0. The van der Waals surface area contributed by atoms with Crippen molar-refractivity contribution in [1.82, 2.24) is 20.1 Å². The van der Waals surface area contributed by atoms with E-state index in [1.807, 2.05) is 59.7 Å². The standard InChI is InChI=1S/C29H33N5O4/c1-18-11-19(2)13-21(12-18)28(37)32-22-6-7-24-20(14-22)15-25-29(38)31-17-23(34(24)25)16-26(35)30-8-4-10-33-9-3-5-27(33)36/h6-7,11-15,23H,3-5,8-10,16-17H2,1-2H3,(H,30,35)(H,31,38)(H,32,37). The van der Waals surface area contributed by atoms with Crippen molar-refractivity contribution in [3.63, 3.8) is 0 Å². The first-order valence-electron chi connectivity index (χ1n) is 13.2. The Morgan fingerprint density at radius 2 is 1.84 bits per heavy atom. The van der Waals surface area contributed by atoms with Crippen LogP contribution in [0.1, 0.15) is 63.7 Å². The van der Waals surface area contributed by atoms with E-state index in [1.54, 1.807) is 6.07 Å². The third-order valence-corrected chi connectivity index (χ3v) is 7.20. The third kappa shape index (κ3) is 5.41. The first kappa shape index (κ1) is 25.5. The molecule has 0 saturated carbocycles. The number of carbonyl (C=O) groups is 4. The van der Waals surface area contributed by atoms with Gasteiger partial charge in [-0.2, -0.15) is 0 Å². The van der Waals surface area contributed by atoms with Crippen molar-refractivity contribution in [1.29, 1.82) is 0 Å². The number of benzene rings is 2. The lowest BCUT2D eigenvalue weighted by atomic mass is 10.1. The van der Waals surface area contributed by atoms with Crippen LogP contribution in [-0.2, 0) is 9.59 Å². The van der Waals surface area contributed by atoms with E-state index in [4.69, 9.17) is 0 Å². The van der Waals surface area contributed by atoms with E-state index in [0.717, 1.165) is 35.0 Å². The maximum Gasteiger partial charge on any atom is 0.268 e. The Balaban J connectivity index is 1.26. The molecule has 2 aliphatic heterocycles. The summed E-state index contributed by atoms with van der Waals surface area (Å²) in [6.45, 7) is 6.24. The number of aryl methyl sites for hydroxylation is 2. The van der Waals surface area contributed by atoms with Crippen molar-refractivity contribution in [2.24, 2.45) is 0 Å². The molecule has 9 nitrogen and oxygen atoms in total. The predicted molar refractivity (Wildman–Crippen MR) is 145 cm³/mol. The molecule has 0 aliphatic carbocycles. The van der Waals surface area contributed by atoms with Gasteiger partial charge in [-0.25, -0.2) is 0 Å². The molecule has 2 aromatic carbocycles. The molecule has 1 unspecified atom stereocenters. The first-order chi connectivity index (χ1) is 18.3. The molecule has 1 fully saturated rings. The highest BCUT2D eigenvalue weighted by molar-refractivity contribution is 6.06. The van der Waals surface area contributed by atoms with Gasteiger partial charge in [-0.15, -0.1) is 0 Å². The largest absolute Gasteiger partial charge is 0.356 e. The quantitative estimate of drug-likeness (QED) is 0.400. The number of nitrogens with zero attached hydrogens (tertiary/aromatic N) is 2. The number of fused-ring (bicyclic) bond motifs is 3. The van der Waals surface area contributed by atoms with Gasteiger partial charge in [0.1, 0.15) is 5.69 Å².